The molecule has 5 rings (SSSR count). The van der Waals surface area contributed by atoms with Gasteiger partial charge in [0, 0.05) is 35.0 Å². The highest BCUT2D eigenvalue weighted by Crippen LogP contribution is 2.58. The molecule has 2 nitrogen and oxygen atoms in total. The standard InChI is InChI=1S/C23H26N2/c1-4-20-23(5-2,6-3)18-12-9-11-17-16-10-7-8-13-19(16)24-14-15-25(20)22(24)21(17)18/h7-15,20,22H,4-6H2,1-3H3. The number of hydrogen-bond acceptors (Lipinski definition) is 2. The predicted octanol–water partition coefficient (Wildman–Crippen LogP) is 5.81. The summed E-state index contributed by atoms with van der Waals surface area (Å²) in [6.07, 6.45) is 8.54. The maximum absolute atomic E-state index is 2.65. The van der Waals surface area contributed by atoms with Crippen LogP contribution in [-0.2, 0) is 5.41 Å². The Labute approximate surface area is 150 Å². The van der Waals surface area contributed by atoms with E-state index >= 15 is 0 Å². The molecule has 0 aromatic heterocycles. The molecule has 0 spiro atoms. The second-order valence-electron chi connectivity index (χ2n) is 7.60. The highest BCUT2D eigenvalue weighted by Gasteiger charge is 2.52. The summed E-state index contributed by atoms with van der Waals surface area (Å²) >= 11 is 0. The van der Waals surface area contributed by atoms with Crippen molar-refractivity contribution in [2.24, 2.45) is 0 Å². The van der Waals surface area contributed by atoms with Gasteiger partial charge in [-0.25, -0.2) is 0 Å². The summed E-state index contributed by atoms with van der Waals surface area (Å²) in [6, 6.07) is 16.5. The van der Waals surface area contributed by atoms with Crippen molar-refractivity contribution in [1.82, 2.24) is 4.90 Å². The summed E-state index contributed by atoms with van der Waals surface area (Å²) in [5, 5.41) is 0. The summed E-state index contributed by atoms with van der Waals surface area (Å²) in [5.74, 6) is 0. The SMILES string of the molecule is CCC1N2C=CN3c4ccccc4-c4cccc(c4C32)C1(CC)CC. The van der Waals surface area contributed by atoms with Gasteiger partial charge in [0.1, 0.15) is 6.17 Å². The van der Waals surface area contributed by atoms with Crippen LogP contribution in [0, 0.1) is 0 Å². The molecule has 0 saturated heterocycles. The van der Waals surface area contributed by atoms with E-state index in [9.17, 15) is 0 Å². The van der Waals surface area contributed by atoms with E-state index in [2.05, 4.69) is 85.4 Å². The molecule has 2 atom stereocenters. The Hall–Kier alpha value is -2.22. The van der Waals surface area contributed by atoms with Crippen LogP contribution >= 0.6 is 0 Å². The lowest BCUT2D eigenvalue weighted by atomic mass is 9.63. The van der Waals surface area contributed by atoms with E-state index in [0.717, 1.165) is 0 Å². The first-order chi connectivity index (χ1) is 12.3. The zero-order chi connectivity index (χ0) is 17.2. The molecule has 0 radical (unpaired) electrons. The maximum atomic E-state index is 2.65. The molecule has 0 amide bonds. The Morgan fingerprint density at radius 1 is 0.880 bits per heavy atom. The minimum absolute atomic E-state index is 0.239. The third kappa shape index (κ3) is 1.65. The predicted molar refractivity (Wildman–Crippen MR) is 104 cm³/mol. The molecule has 0 saturated carbocycles. The third-order valence-corrected chi connectivity index (χ3v) is 6.96. The largest absolute Gasteiger partial charge is 0.348 e. The van der Waals surface area contributed by atoms with Gasteiger partial charge in [-0.15, -0.1) is 0 Å². The quantitative estimate of drug-likeness (QED) is 0.701. The molecule has 3 aliphatic heterocycles. The molecule has 0 bridgehead atoms. The van der Waals surface area contributed by atoms with Crippen LogP contribution in [0.3, 0.4) is 0 Å². The number of nitrogens with zero attached hydrogens (tertiary/aromatic N) is 2. The number of para-hydroxylation sites is 1. The molecule has 3 heterocycles. The Morgan fingerprint density at radius 3 is 2.40 bits per heavy atom. The number of fused-ring (bicyclic) bond motifs is 3. The fraction of sp³-hybridized carbons (Fsp3) is 0.391. The van der Waals surface area contributed by atoms with Gasteiger partial charge in [-0.2, -0.15) is 0 Å². The van der Waals surface area contributed by atoms with Crippen LogP contribution in [0.4, 0.5) is 5.69 Å². The Balaban J connectivity index is 1.88. The van der Waals surface area contributed by atoms with Gasteiger partial charge < -0.3 is 9.80 Å². The lowest BCUT2D eigenvalue weighted by molar-refractivity contribution is 0.0982. The van der Waals surface area contributed by atoms with Crippen LogP contribution in [0.25, 0.3) is 11.1 Å². The molecule has 0 N–H and O–H groups in total. The van der Waals surface area contributed by atoms with Crippen LogP contribution in [0.15, 0.2) is 54.9 Å². The van der Waals surface area contributed by atoms with Gasteiger partial charge in [0.15, 0.2) is 0 Å². The fourth-order valence-corrected chi connectivity index (χ4v) is 5.84. The first-order valence-electron chi connectivity index (χ1n) is 9.73. The number of hydrogen-bond donors (Lipinski definition) is 0. The van der Waals surface area contributed by atoms with E-state index in [0.29, 0.717) is 12.2 Å². The molecular formula is C23H26N2. The zero-order valence-electron chi connectivity index (χ0n) is 15.4. The van der Waals surface area contributed by atoms with Crippen molar-refractivity contribution < 1.29 is 0 Å². The molecule has 0 aliphatic carbocycles. The molecular weight excluding hydrogens is 304 g/mol. The van der Waals surface area contributed by atoms with Crippen molar-refractivity contribution >= 4 is 5.69 Å². The lowest BCUT2D eigenvalue weighted by Gasteiger charge is -2.55. The highest BCUT2D eigenvalue weighted by molar-refractivity contribution is 5.87. The smallest absolute Gasteiger partial charge is 0.133 e. The van der Waals surface area contributed by atoms with Gasteiger partial charge in [-0.1, -0.05) is 57.2 Å². The monoisotopic (exact) mass is 330 g/mol. The van der Waals surface area contributed by atoms with Crippen LogP contribution in [0.5, 0.6) is 0 Å². The number of rotatable bonds is 3. The van der Waals surface area contributed by atoms with Gasteiger partial charge in [-0.05, 0) is 36.5 Å². The summed E-state index contributed by atoms with van der Waals surface area (Å²) < 4.78 is 0. The van der Waals surface area contributed by atoms with Crippen molar-refractivity contribution in [2.75, 3.05) is 4.90 Å². The average molecular weight is 330 g/mol. The van der Waals surface area contributed by atoms with Crippen molar-refractivity contribution in [3.8, 4) is 11.1 Å². The Morgan fingerprint density at radius 2 is 1.64 bits per heavy atom. The highest BCUT2D eigenvalue weighted by atomic mass is 15.4. The normalized spacial score (nSPS) is 24.3. The fourth-order valence-electron chi connectivity index (χ4n) is 5.84. The third-order valence-electron chi connectivity index (χ3n) is 6.96. The second kappa shape index (κ2) is 5.14. The Bertz CT molecular complexity index is 862. The second-order valence-corrected chi connectivity index (χ2v) is 7.60. The van der Waals surface area contributed by atoms with E-state index < -0.39 is 0 Å². The van der Waals surface area contributed by atoms with Gasteiger partial charge in [0.2, 0.25) is 0 Å². The zero-order valence-corrected chi connectivity index (χ0v) is 15.4. The summed E-state index contributed by atoms with van der Waals surface area (Å²) in [6.45, 7) is 7.10. The Kier molecular flexibility index (Phi) is 3.10. The van der Waals surface area contributed by atoms with E-state index in [1.54, 1.807) is 11.1 Å². The number of anilines is 1. The summed E-state index contributed by atoms with van der Waals surface area (Å²) in [7, 11) is 0. The topological polar surface area (TPSA) is 6.48 Å². The molecule has 2 unspecified atom stereocenters. The molecule has 2 heteroatoms. The van der Waals surface area contributed by atoms with Gasteiger partial charge in [0.05, 0.1) is 5.69 Å². The molecule has 2 aromatic carbocycles. The van der Waals surface area contributed by atoms with E-state index in [1.165, 1.54) is 36.1 Å². The molecule has 3 aliphatic rings. The minimum atomic E-state index is 0.239. The lowest BCUT2D eigenvalue weighted by Crippen LogP contribution is -2.55. The van der Waals surface area contributed by atoms with Crippen molar-refractivity contribution in [3.63, 3.8) is 0 Å². The van der Waals surface area contributed by atoms with Gasteiger partial charge >= 0.3 is 0 Å². The molecule has 128 valence electrons. The van der Waals surface area contributed by atoms with E-state index in [-0.39, 0.29) is 5.41 Å². The maximum Gasteiger partial charge on any atom is 0.133 e. The van der Waals surface area contributed by atoms with Gasteiger partial charge in [0.25, 0.3) is 0 Å². The van der Waals surface area contributed by atoms with Crippen LogP contribution in [0.1, 0.15) is 57.3 Å². The minimum Gasteiger partial charge on any atom is -0.348 e. The van der Waals surface area contributed by atoms with Crippen molar-refractivity contribution in [1.29, 1.82) is 0 Å². The average Bonchev–Trinajstić information content (AvgIpc) is 3.11. The van der Waals surface area contributed by atoms with Crippen molar-refractivity contribution in [3.05, 3.63) is 66.0 Å². The van der Waals surface area contributed by atoms with E-state index in [4.69, 9.17) is 0 Å². The first kappa shape index (κ1) is 15.1. The number of benzene rings is 2. The van der Waals surface area contributed by atoms with Crippen molar-refractivity contribution in [2.45, 2.75) is 57.7 Å². The molecule has 0 fully saturated rings. The molecule has 2 aromatic rings. The van der Waals surface area contributed by atoms with Crippen LogP contribution in [0.2, 0.25) is 0 Å². The first-order valence-corrected chi connectivity index (χ1v) is 9.73. The molecule has 25 heavy (non-hydrogen) atoms. The van der Waals surface area contributed by atoms with Crippen LogP contribution < -0.4 is 4.90 Å². The summed E-state index contributed by atoms with van der Waals surface area (Å²) in [4.78, 5) is 5.13. The van der Waals surface area contributed by atoms with Gasteiger partial charge in [-0.3, -0.25) is 0 Å². The summed E-state index contributed by atoms with van der Waals surface area (Å²) in [5.41, 5.74) is 7.52. The van der Waals surface area contributed by atoms with E-state index in [1.807, 2.05) is 0 Å². The van der Waals surface area contributed by atoms with Crippen LogP contribution in [-0.4, -0.2) is 10.9 Å².